The van der Waals surface area contributed by atoms with Crippen molar-refractivity contribution in [2.24, 2.45) is 5.92 Å². The molecule has 1 N–H and O–H groups in total. The van der Waals surface area contributed by atoms with Crippen molar-refractivity contribution in [3.8, 4) is 0 Å². The van der Waals surface area contributed by atoms with Crippen molar-refractivity contribution in [1.29, 1.82) is 0 Å². The highest BCUT2D eigenvalue weighted by atomic mass is 35.5. The second-order valence-corrected chi connectivity index (χ2v) is 8.87. The van der Waals surface area contributed by atoms with Gasteiger partial charge in [0, 0.05) is 49.8 Å². The topological polar surface area (TPSA) is 48.5 Å². The summed E-state index contributed by atoms with van der Waals surface area (Å²) in [5.41, 5.74) is 0. The van der Waals surface area contributed by atoms with E-state index in [1.54, 1.807) is 11.3 Å². The van der Waals surface area contributed by atoms with Gasteiger partial charge in [0.25, 0.3) is 0 Å². The molecule has 1 aromatic heterocycles. The van der Waals surface area contributed by atoms with Gasteiger partial charge in [-0.25, -0.2) is 4.98 Å². The second-order valence-electron chi connectivity index (χ2n) is 7.55. The Bertz CT molecular complexity index is 581. The molecular formula is C18H31Cl3N4OS. The van der Waals surface area contributed by atoms with Gasteiger partial charge in [-0.3, -0.25) is 9.69 Å². The Kier molecular flexibility index (Phi) is 10.3. The molecule has 0 bridgehead atoms. The number of carbonyl (C=O) groups is 1. The number of fused-ring (bicyclic) bond motifs is 1. The van der Waals surface area contributed by atoms with Gasteiger partial charge in [-0.15, -0.1) is 48.6 Å². The summed E-state index contributed by atoms with van der Waals surface area (Å²) in [6.45, 7) is 6.70. The number of aryl methyl sites for hydroxylation is 1. The highest BCUT2D eigenvalue weighted by molar-refractivity contribution is 7.11. The van der Waals surface area contributed by atoms with Crippen LogP contribution in [0.2, 0.25) is 0 Å². The highest BCUT2D eigenvalue weighted by Crippen LogP contribution is 2.33. The molecular weight excluding hydrogens is 427 g/mol. The van der Waals surface area contributed by atoms with E-state index in [0.29, 0.717) is 11.9 Å². The molecule has 2 aliphatic heterocycles. The number of aromatic nitrogens is 1. The van der Waals surface area contributed by atoms with Crippen molar-refractivity contribution in [3.05, 3.63) is 16.1 Å². The molecule has 5 nitrogen and oxygen atoms in total. The number of carbonyl (C=O) groups excluding carboxylic acids is 1. The van der Waals surface area contributed by atoms with Gasteiger partial charge in [-0.2, -0.15) is 0 Å². The number of halogens is 3. The van der Waals surface area contributed by atoms with Gasteiger partial charge in [0.2, 0.25) is 5.91 Å². The number of hydrogen-bond acceptors (Lipinski definition) is 5. The lowest BCUT2D eigenvalue weighted by Crippen LogP contribution is -2.53. The van der Waals surface area contributed by atoms with E-state index in [2.05, 4.69) is 27.0 Å². The molecule has 3 aliphatic rings. The normalized spacial score (nSPS) is 27.7. The molecule has 1 amide bonds. The van der Waals surface area contributed by atoms with Crippen LogP contribution >= 0.6 is 48.6 Å². The summed E-state index contributed by atoms with van der Waals surface area (Å²) < 4.78 is 0. The van der Waals surface area contributed by atoms with E-state index in [1.807, 2.05) is 6.20 Å². The van der Waals surface area contributed by atoms with Crippen molar-refractivity contribution in [2.45, 2.75) is 57.7 Å². The maximum absolute atomic E-state index is 12.8. The third kappa shape index (κ3) is 5.94. The SMILES string of the molecule is Cc1ncc(CN2CCN(C(=O)C3CC4CCCCC4N3)CC2)s1.Cl.Cl.Cl. The lowest BCUT2D eigenvalue weighted by atomic mass is 9.85. The number of thiazole rings is 1. The zero-order chi connectivity index (χ0) is 16.5. The van der Waals surface area contributed by atoms with Gasteiger partial charge in [-0.1, -0.05) is 12.8 Å². The van der Waals surface area contributed by atoms with E-state index < -0.39 is 0 Å². The van der Waals surface area contributed by atoms with E-state index in [-0.39, 0.29) is 43.3 Å². The van der Waals surface area contributed by atoms with Gasteiger partial charge in [0.1, 0.15) is 0 Å². The summed E-state index contributed by atoms with van der Waals surface area (Å²) in [6.07, 6.45) is 8.29. The molecule has 3 heterocycles. The summed E-state index contributed by atoms with van der Waals surface area (Å²) in [5, 5.41) is 4.76. The first-order valence-corrected chi connectivity index (χ1v) is 10.2. The molecule has 2 saturated heterocycles. The van der Waals surface area contributed by atoms with Crippen LogP contribution in [0.15, 0.2) is 6.20 Å². The van der Waals surface area contributed by atoms with E-state index in [9.17, 15) is 4.79 Å². The third-order valence-corrected chi connectivity index (χ3v) is 6.79. The lowest BCUT2D eigenvalue weighted by Gasteiger charge is -2.35. The predicted molar refractivity (Wildman–Crippen MR) is 118 cm³/mol. The van der Waals surface area contributed by atoms with Crippen molar-refractivity contribution in [1.82, 2.24) is 20.1 Å². The van der Waals surface area contributed by atoms with E-state index in [4.69, 9.17) is 0 Å². The van der Waals surface area contributed by atoms with Crippen LogP contribution in [0.25, 0.3) is 0 Å². The van der Waals surface area contributed by atoms with Crippen LogP contribution in [-0.2, 0) is 11.3 Å². The molecule has 1 aliphatic carbocycles. The van der Waals surface area contributed by atoms with Crippen LogP contribution < -0.4 is 5.32 Å². The fourth-order valence-electron chi connectivity index (χ4n) is 4.56. The first-order valence-electron chi connectivity index (χ1n) is 9.37. The van der Waals surface area contributed by atoms with Gasteiger partial charge < -0.3 is 10.2 Å². The Morgan fingerprint density at radius 1 is 1.19 bits per heavy atom. The van der Waals surface area contributed by atoms with Crippen molar-refractivity contribution in [3.63, 3.8) is 0 Å². The fraction of sp³-hybridized carbons (Fsp3) is 0.778. The largest absolute Gasteiger partial charge is 0.339 e. The molecule has 0 spiro atoms. The van der Waals surface area contributed by atoms with E-state index in [0.717, 1.165) is 50.1 Å². The number of nitrogens with one attached hydrogen (secondary N) is 1. The number of rotatable bonds is 3. The molecule has 4 rings (SSSR count). The summed E-state index contributed by atoms with van der Waals surface area (Å²) in [6, 6.07) is 0.678. The standard InChI is InChI=1S/C18H28N4OS.3ClH/c1-13-19-11-15(24-13)12-21-6-8-22(9-7-21)18(23)17-10-14-4-2-3-5-16(14)20-17;;;/h11,14,16-17,20H,2-10,12H2,1H3;3*1H. The van der Waals surface area contributed by atoms with Crippen LogP contribution in [-0.4, -0.2) is 59.0 Å². The van der Waals surface area contributed by atoms with E-state index in [1.165, 1.54) is 30.6 Å². The van der Waals surface area contributed by atoms with Crippen LogP contribution in [0.4, 0.5) is 0 Å². The summed E-state index contributed by atoms with van der Waals surface area (Å²) >= 11 is 1.78. The average molecular weight is 458 g/mol. The zero-order valence-corrected chi connectivity index (χ0v) is 19.0. The zero-order valence-electron chi connectivity index (χ0n) is 15.8. The molecule has 1 saturated carbocycles. The highest BCUT2D eigenvalue weighted by Gasteiger charge is 2.40. The maximum atomic E-state index is 12.8. The number of piperazine rings is 1. The van der Waals surface area contributed by atoms with Gasteiger partial charge in [-0.05, 0) is 32.1 Å². The Morgan fingerprint density at radius 2 is 1.89 bits per heavy atom. The first kappa shape index (κ1) is 24.9. The molecule has 3 atom stereocenters. The Labute approximate surface area is 184 Å². The minimum absolute atomic E-state index is 0. The lowest BCUT2D eigenvalue weighted by molar-refractivity contribution is -0.135. The molecule has 0 aromatic carbocycles. The fourth-order valence-corrected chi connectivity index (χ4v) is 5.39. The monoisotopic (exact) mass is 456 g/mol. The maximum Gasteiger partial charge on any atom is 0.239 e. The van der Waals surface area contributed by atoms with Crippen LogP contribution in [0.1, 0.15) is 42.0 Å². The molecule has 3 unspecified atom stereocenters. The van der Waals surface area contributed by atoms with Crippen molar-refractivity contribution >= 4 is 54.5 Å². The molecule has 3 fully saturated rings. The van der Waals surface area contributed by atoms with Gasteiger partial charge >= 0.3 is 0 Å². The Balaban J connectivity index is 0.00000121. The summed E-state index contributed by atoms with van der Waals surface area (Å²) in [4.78, 5) is 23.0. The Morgan fingerprint density at radius 3 is 2.52 bits per heavy atom. The van der Waals surface area contributed by atoms with Gasteiger partial charge in [0.15, 0.2) is 0 Å². The van der Waals surface area contributed by atoms with E-state index >= 15 is 0 Å². The number of amides is 1. The number of hydrogen-bond donors (Lipinski definition) is 1. The average Bonchev–Trinajstić information content (AvgIpc) is 3.21. The Hall–Kier alpha value is -0.110. The van der Waals surface area contributed by atoms with Crippen LogP contribution in [0, 0.1) is 12.8 Å². The molecule has 1 aromatic rings. The summed E-state index contributed by atoms with van der Waals surface area (Å²) in [5.74, 6) is 1.08. The van der Waals surface area contributed by atoms with Crippen LogP contribution in [0.5, 0.6) is 0 Å². The minimum Gasteiger partial charge on any atom is -0.339 e. The number of nitrogens with zero attached hydrogens (tertiary/aromatic N) is 3. The second kappa shape index (κ2) is 11.2. The first-order chi connectivity index (χ1) is 11.7. The van der Waals surface area contributed by atoms with Crippen molar-refractivity contribution in [2.75, 3.05) is 26.2 Å². The van der Waals surface area contributed by atoms with Gasteiger partial charge in [0.05, 0.1) is 11.0 Å². The quantitative estimate of drug-likeness (QED) is 0.757. The predicted octanol–water partition coefficient (Wildman–Crippen LogP) is 3.28. The smallest absolute Gasteiger partial charge is 0.239 e. The molecule has 27 heavy (non-hydrogen) atoms. The van der Waals surface area contributed by atoms with Crippen LogP contribution in [0.3, 0.4) is 0 Å². The molecule has 156 valence electrons. The minimum atomic E-state index is 0. The summed E-state index contributed by atoms with van der Waals surface area (Å²) in [7, 11) is 0. The molecule has 0 radical (unpaired) electrons. The third-order valence-electron chi connectivity index (χ3n) is 5.89. The molecule has 9 heteroatoms. The van der Waals surface area contributed by atoms with Crippen molar-refractivity contribution < 1.29 is 4.79 Å².